The SMILES string of the molecule is FC(F)(F)c1ccc(-c2ccccn2)cc1.O=C(O)c1ccnc(-c2cc(C(=O)O)ccn2)c1.O=C(O)c1ccnc(-c2cc(C(=O)O)ccn2)c1.[Ru]. The van der Waals surface area contributed by atoms with E-state index < -0.39 is 35.6 Å². The molecule has 0 atom stereocenters. The number of carboxylic acid groups (broad SMARTS) is 4. The Bertz CT molecular complexity index is 2000. The van der Waals surface area contributed by atoms with Gasteiger partial charge in [-0.2, -0.15) is 13.2 Å². The van der Waals surface area contributed by atoms with Gasteiger partial charge in [-0.1, -0.05) is 18.2 Å². The molecule has 0 aliphatic carbocycles. The van der Waals surface area contributed by atoms with Crippen LogP contribution in [0.25, 0.3) is 34.0 Å². The molecule has 0 radical (unpaired) electrons. The minimum atomic E-state index is -4.29. The van der Waals surface area contributed by atoms with Gasteiger partial charge in [-0.25, -0.2) is 19.2 Å². The van der Waals surface area contributed by atoms with Crippen molar-refractivity contribution in [3.8, 4) is 34.0 Å². The van der Waals surface area contributed by atoms with E-state index in [1.54, 1.807) is 24.4 Å². The molecule has 5 aromatic heterocycles. The fourth-order valence-corrected chi connectivity index (χ4v) is 4.18. The molecule has 53 heavy (non-hydrogen) atoms. The van der Waals surface area contributed by atoms with Crippen molar-refractivity contribution in [3.05, 3.63) is 150 Å². The number of carboxylic acids is 4. The van der Waals surface area contributed by atoms with Crippen LogP contribution in [0.5, 0.6) is 0 Å². The summed E-state index contributed by atoms with van der Waals surface area (Å²) in [6.07, 6.45) is 2.68. The van der Waals surface area contributed by atoms with Crippen LogP contribution < -0.4 is 0 Å². The zero-order valence-electron chi connectivity index (χ0n) is 26.7. The monoisotopic (exact) mass is 813 g/mol. The van der Waals surface area contributed by atoms with Gasteiger partial charge in [-0.3, -0.25) is 24.9 Å². The minimum Gasteiger partial charge on any atom is -0.478 e. The van der Waals surface area contributed by atoms with Crippen molar-refractivity contribution in [1.29, 1.82) is 0 Å². The van der Waals surface area contributed by atoms with E-state index in [2.05, 4.69) is 24.9 Å². The summed E-state index contributed by atoms with van der Waals surface area (Å²) in [5.41, 5.74) is 2.25. The summed E-state index contributed by atoms with van der Waals surface area (Å²) in [6, 6.07) is 21.1. The Morgan fingerprint density at radius 2 is 0.755 bits per heavy atom. The Morgan fingerprint density at radius 3 is 1.02 bits per heavy atom. The Morgan fingerprint density at radius 1 is 0.434 bits per heavy atom. The molecule has 0 unspecified atom stereocenters. The van der Waals surface area contributed by atoms with E-state index in [0.29, 0.717) is 34.0 Å². The molecule has 270 valence electrons. The molecule has 4 N–H and O–H groups in total. The predicted molar refractivity (Wildman–Crippen MR) is 177 cm³/mol. The van der Waals surface area contributed by atoms with Gasteiger partial charge in [0.1, 0.15) is 0 Å². The topological polar surface area (TPSA) is 214 Å². The first kappa shape index (κ1) is 40.7. The van der Waals surface area contributed by atoms with Crippen LogP contribution in [0, 0.1) is 0 Å². The fourth-order valence-electron chi connectivity index (χ4n) is 4.18. The van der Waals surface area contributed by atoms with Gasteiger partial charge in [0.15, 0.2) is 0 Å². The average molecular weight is 813 g/mol. The standard InChI is InChI=1S/C12H8F3N.2C12H8N2O4.Ru/c13-12(14,15)10-6-4-9(5-7-10)11-3-1-2-8-16-11;2*15-11(16)7-1-3-13-9(5-7)10-6-8(12(17)18)2-4-14-10;/h1-8H;2*1-6H,(H,15,16)(H,17,18);. The molecule has 0 bridgehead atoms. The number of alkyl halides is 3. The van der Waals surface area contributed by atoms with E-state index in [0.717, 1.165) is 12.1 Å². The number of hydrogen-bond acceptors (Lipinski definition) is 9. The molecular formula is C36H24F3N5O8Ru. The molecule has 17 heteroatoms. The minimum absolute atomic E-state index is 0. The molecular weight excluding hydrogens is 788 g/mol. The fraction of sp³-hybridized carbons (Fsp3) is 0.0278. The summed E-state index contributed by atoms with van der Waals surface area (Å²) in [7, 11) is 0. The van der Waals surface area contributed by atoms with Gasteiger partial charge in [-0.05, 0) is 72.8 Å². The van der Waals surface area contributed by atoms with Crippen molar-refractivity contribution in [2.45, 2.75) is 6.18 Å². The van der Waals surface area contributed by atoms with E-state index in [9.17, 15) is 32.3 Å². The third-order valence-corrected chi connectivity index (χ3v) is 6.73. The van der Waals surface area contributed by atoms with Gasteiger partial charge in [0.05, 0.1) is 56.3 Å². The maximum absolute atomic E-state index is 12.3. The summed E-state index contributed by atoms with van der Waals surface area (Å²) in [5.74, 6) is -4.30. The van der Waals surface area contributed by atoms with Crippen molar-refractivity contribution >= 4 is 23.9 Å². The summed E-state index contributed by atoms with van der Waals surface area (Å²) < 4.78 is 36.9. The summed E-state index contributed by atoms with van der Waals surface area (Å²) in [5, 5.41) is 35.4. The van der Waals surface area contributed by atoms with Crippen molar-refractivity contribution in [2.24, 2.45) is 0 Å². The quantitative estimate of drug-likeness (QED) is 0.122. The van der Waals surface area contributed by atoms with Gasteiger partial charge in [0, 0.05) is 56.0 Å². The molecule has 1 aromatic carbocycles. The molecule has 13 nitrogen and oxygen atoms in total. The molecule has 0 saturated carbocycles. The van der Waals surface area contributed by atoms with Crippen molar-refractivity contribution in [3.63, 3.8) is 0 Å². The second kappa shape index (κ2) is 18.5. The maximum Gasteiger partial charge on any atom is 0.416 e. The molecule has 0 fully saturated rings. The van der Waals surface area contributed by atoms with E-state index in [4.69, 9.17) is 20.4 Å². The number of rotatable bonds is 7. The van der Waals surface area contributed by atoms with Gasteiger partial charge >= 0.3 is 30.1 Å². The van der Waals surface area contributed by atoms with Crippen LogP contribution in [0.3, 0.4) is 0 Å². The van der Waals surface area contributed by atoms with Crippen LogP contribution in [0.1, 0.15) is 47.0 Å². The first-order chi connectivity index (χ1) is 24.7. The smallest absolute Gasteiger partial charge is 0.416 e. The third-order valence-electron chi connectivity index (χ3n) is 6.73. The van der Waals surface area contributed by atoms with E-state index in [1.165, 1.54) is 85.5 Å². The van der Waals surface area contributed by atoms with Crippen LogP contribution in [0.15, 0.2) is 122 Å². The van der Waals surface area contributed by atoms with E-state index >= 15 is 0 Å². The number of nitrogens with zero attached hydrogens (tertiary/aromatic N) is 5. The molecule has 6 aromatic rings. The molecule has 5 heterocycles. The van der Waals surface area contributed by atoms with Crippen molar-refractivity contribution in [1.82, 2.24) is 24.9 Å². The van der Waals surface area contributed by atoms with E-state index in [1.807, 2.05) is 0 Å². The van der Waals surface area contributed by atoms with E-state index in [-0.39, 0.29) is 41.7 Å². The zero-order chi connectivity index (χ0) is 37.8. The Balaban J connectivity index is 0.000000212. The largest absolute Gasteiger partial charge is 0.478 e. The zero-order valence-corrected chi connectivity index (χ0v) is 28.4. The normalized spacial score (nSPS) is 10.2. The number of pyridine rings is 5. The van der Waals surface area contributed by atoms with Crippen LogP contribution in [0.2, 0.25) is 0 Å². The number of benzene rings is 1. The third kappa shape index (κ3) is 11.7. The van der Waals surface area contributed by atoms with Crippen LogP contribution in [-0.4, -0.2) is 69.2 Å². The number of hydrogen-bond donors (Lipinski definition) is 4. The van der Waals surface area contributed by atoms with Crippen LogP contribution in [0.4, 0.5) is 13.2 Å². The maximum atomic E-state index is 12.3. The summed E-state index contributed by atoms with van der Waals surface area (Å²) in [6.45, 7) is 0. The number of aromatic carboxylic acids is 4. The molecule has 0 spiro atoms. The Hall–Kier alpha value is -6.74. The van der Waals surface area contributed by atoms with Gasteiger partial charge in [0.2, 0.25) is 0 Å². The van der Waals surface area contributed by atoms with Gasteiger partial charge < -0.3 is 20.4 Å². The Kier molecular flexibility index (Phi) is 14.2. The van der Waals surface area contributed by atoms with Gasteiger partial charge in [0.25, 0.3) is 0 Å². The first-order valence-corrected chi connectivity index (χ1v) is 14.6. The summed E-state index contributed by atoms with van der Waals surface area (Å²) in [4.78, 5) is 63.2. The predicted octanol–water partition coefficient (Wildman–Crippen LogP) is 6.84. The molecule has 0 amide bonds. The summed E-state index contributed by atoms with van der Waals surface area (Å²) >= 11 is 0. The van der Waals surface area contributed by atoms with Crippen LogP contribution in [-0.2, 0) is 25.7 Å². The molecule has 0 saturated heterocycles. The van der Waals surface area contributed by atoms with Crippen LogP contribution >= 0.6 is 0 Å². The average Bonchev–Trinajstić information content (AvgIpc) is 3.15. The van der Waals surface area contributed by atoms with Crippen molar-refractivity contribution < 1.29 is 72.3 Å². The molecule has 6 rings (SSSR count). The van der Waals surface area contributed by atoms with Gasteiger partial charge in [-0.15, -0.1) is 0 Å². The Labute approximate surface area is 310 Å². The number of aromatic nitrogens is 5. The van der Waals surface area contributed by atoms with Crippen molar-refractivity contribution in [2.75, 3.05) is 0 Å². The number of carbonyl (C=O) groups is 4. The molecule has 0 aliphatic heterocycles. The first-order valence-electron chi connectivity index (χ1n) is 14.6. The second-order valence-corrected chi connectivity index (χ2v) is 10.2. The second-order valence-electron chi connectivity index (χ2n) is 10.2. The molecule has 0 aliphatic rings. The number of halogens is 3.